The zero-order valence-electron chi connectivity index (χ0n) is 9.00. The van der Waals surface area contributed by atoms with E-state index < -0.39 is 17.5 Å². The van der Waals surface area contributed by atoms with Crippen LogP contribution in [0.4, 0.5) is 14.5 Å². The Balaban J connectivity index is 2.70. The van der Waals surface area contributed by atoms with Gasteiger partial charge in [-0.2, -0.15) is 0 Å². The van der Waals surface area contributed by atoms with Crippen LogP contribution in [0.2, 0.25) is 0 Å². The summed E-state index contributed by atoms with van der Waals surface area (Å²) in [5.41, 5.74) is -0.0465. The van der Waals surface area contributed by atoms with Gasteiger partial charge < -0.3 is 10.2 Å². The van der Waals surface area contributed by atoms with Gasteiger partial charge >= 0.3 is 0 Å². The van der Waals surface area contributed by atoms with E-state index in [2.05, 4.69) is 5.32 Å². The number of hydrogen-bond donors (Lipinski definition) is 1. The molecule has 0 aliphatic heterocycles. The summed E-state index contributed by atoms with van der Waals surface area (Å²) in [6, 6.07) is 2.96. The fraction of sp³-hybridized carbons (Fsp3) is 0.182. The molecule has 86 valence electrons. The first-order valence-corrected chi connectivity index (χ1v) is 4.59. The van der Waals surface area contributed by atoms with Crippen molar-refractivity contribution in [3.05, 3.63) is 42.1 Å². The number of halogens is 2. The quantitative estimate of drug-likeness (QED) is 0.799. The summed E-state index contributed by atoms with van der Waals surface area (Å²) in [5, 5.41) is 2.30. The summed E-state index contributed by atoms with van der Waals surface area (Å²) in [6.45, 7) is 0. The SMILES string of the molecule is CN(C)/C=C\C(=O)Nc1ccc(F)cc1F. The molecule has 3 nitrogen and oxygen atoms in total. The second-order valence-corrected chi connectivity index (χ2v) is 3.39. The summed E-state index contributed by atoms with van der Waals surface area (Å²) >= 11 is 0. The van der Waals surface area contributed by atoms with Crippen LogP contribution in [0.25, 0.3) is 0 Å². The minimum atomic E-state index is -0.799. The average molecular weight is 226 g/mol. The Hall–Kier alpha value is -1.91. The lowest BCUT2D eigenvalue weighted by atomic mass is 10.3. The first kappa shape index (κ1) is 12.2. The minimum Gasteiger partial charge on any atom is -0.383 e. The van der Waals surface area contributed by atoms with E-state index in [-0.39, 0.29) is 5.69 Å². The van der Waals surface area contributed by atoms with Gasteiger partial charge in [0.25, 0.3) is 0 Å². The second kappa shape index (κ2) is 5.25. The van der Waals surface area contributed by atoms with Crippen LogP contribution < -0.4 is 5.32 Å². The Morgan fingerprint density at radius 3 is 2.62 bits per heavy atom. The molecule has 0 bridgehead atoms. The molecular formula is C11H12F2N2O. The first-order valence-electron chi connectivity index (χ1n) is 4.59. The first-order chi connectivity index (χ1) is 7.49. The predicted molar refractivity (Wildman–Crippen MR) is 57.8 cm³/mol. The van der Waals surface area contributed by atoms with E-state index in [0.717, 1.165) is 6.07 Å². The fourth-order valence-corrected chi connectivity index (χ4v) is 0.982. The summed E-state index contributed by atoms with van der Waals surface area (Å²) in [7, 11) is 3.50. The molecule has 0 atom stereocenters. The van der Waals surface area contributed by atoms with E-state index in [1.807, 2.05) is 0 Å². The van der Waals surface area contributed by atoms with E-state index in [1.54, 1.807) is 19.0 Å². The van der Waals surface area contributed by atoms with Gasteiger partial charge in [-0.25, -0.2) is 8.78 Å². The molecule has 0 unspecified atom stereocenters. The summed E-state index contributed by atoms with van der Waals surface area (Å²) in [6.07, 6.45) is 2.78. The standard InChI is InChI=1S/C11H12F2N2O/c1-15(2)6-5-11(16)14-10-4-3-8(12)7-9(10)13/h3-7H,1-2H3,(H,14,16)/b6-5-. The number of nitrogens with zero attached hydrogens (tertiary/aromatic N) is 1. The molecule has 0 aliphatic rings. The number of nitrogens with one attached hydrogen (secondary N) is 1. The number of amides is 1. The van der Waals surface area contributed by atoms with Crippen LogP contribution >= 0.6 is 0 Å². The van der Waals surface area contributed by atoms with Crippen LogP contribution in [0, 0.1) is 11.6 Å². The highest BCUT2D eigenvalue weighted by molar-refractivity contribution is 5.99. The van der Waals surface area contributed by atoms with Crippen LogP contribution in [0.5, 0.6) is 0 Å². The molecule has 0 heterocycles. The molecule has 16 heavy (non-hydrogen) atoms. The van der Waals surface area contributed by atoms with Crippen LogP contribution in [-0.4, -0.2) is 24.9 Å². The van der Waals surface area contributed by atoms with Gasteiger partial charge in [0, 0.05) is 32.4 Å². The van der Waals surface area contributed by atoms with Gasteiger partial charge in [-0.1, -0.05) is 0 Å². The zero-order chi connectivity index (χ0) is 12.1. The molecule has 0 aromatic heterocycles. The van der Waals surface area contributed by atoms with Gasteiger partial charge in [0.2, 0.25) is 5.91 Å². The number of rotatable bonds is 3. The molecule has 1 aromatic carbocycles. The average Bonchev–Trinajstić information content (AvgIpc) is 2.19. The number of hydrogen-bond acceptors (Lipinski definition) is 2. The van der Waals surface area contributed by atoms with Crippen LogP contribution in [-0.2, 0) is 4.79 Å². The highest BCUT2D eigenvalue weighted by atomic mass is 19.1. The van der Waals surface area contributed by atoms with Crippen LogP contribution in [0.3, 0.4) is 0 Å². The topological polar surface area (TPSA) is 32.3 Å². The van der Waals surface area contributed by atoms with E-state index in [4.69, 9.17) is 0 Å². The molecule has 0 fully saturated rings. The Bertz CT molecular complexity index is 416. The van der Waals surface area contributed by atoms with Gasteiger partial charge in [0.15, 0.2) is 0 Å². The van der Waals surface area contributed by atoms with Crippen molar-refractivity contribution in [3.63, 3.8) is 0 Å². The molecule has 0 saturated heterocycles. The molecule has 1 N–H and O–H groups in total. The number of carbonyl (C=O) groups is 1. The third-order valence-corrected chi connectivity index (χ3v) is 1.71. The summed E-state index contributed by atoms with van der Waals surface area (Å²) < 4.78 is 25.7. The zero-order valence-corrected chi connectivity index (χ0v) is 9.00. The lowest BCUT2D eigenvalue weighted by molar-refractivity contribution is -0.112. The Morgan fingerprint density at radius 1 is 1.38 bits per heavy atom. The van der Waals surface area contributed by atoms with Crippen molar-refractivity contribution in [1.82, 2.24) is 4.90 Å². The third-order valence-electron chi connectivity index (χ3n) is 1.71. The maximum Gasteiger partial charge on any atom is 0.249 e. The van der Waals surface area contributed by atoms with Crippen molar-refractivity contribution in [3.8, 4) is 0 Å². The van der Waals surface area contributed by atoms with E-state index in [1.165, 1.54) is 18.3 Å². The number of anilines is 1. The molecule has 0 spiro atoms. The smallest absolute Gasteiger partial charge is 0.249 e. The normalized spacial score (nSPS) is 10.5. The second-order valence-electron chi connectivity index (χ2n) is 3.39. The Labute approximate surface area is 92.4 Å². The van der Waals surface area contributed by atoms with E-state index in [9.17, 15) is 13.6 Å². The molecule has 0 aliphatic carbocycles. The number of benzene rings is 1. The van der Waals surface area contributed by atoms with Crippen molar-refractivity contribution in [1.29, 1.82) is 0 Å². The van der Waals surface area contributed by atoms with Crippen molar-refractivity contribution >= 4 is 11.6 Å². The van der Waals surface area contributed by atoms with Gasteiger partial charge in [-0.05, 0) is 12.1 Å². The largest absolute Gasteiger partial charge is 0.383 e. The van der Waals surface area contributed by atoms with Crippen LogP contribution in [0.15, 0.2) is 30.5 Å². The molecular weight excluding hydrogens is 214 g/mol. The van der Waals surface area contributed by atoms with Crippen molar-refractivity contribution in [2.45, 2.75) is 0 Å². The summed E-state index contributed by atoms with van der Waals surface area (Å²) in [5.74, 6) is -1.95. The maximum absolute atomic E-state index is 13.1. The monoisotopic (exact) mass is 226 g/mol. The van der Waals surface area contributed by atoms with Gasteiger partial charge in [0.1, 0.15) is 11.6 Å². The van der Waals surface area contributed by atoms with E-state index >= 15 is 0 Å². The molecule has 1 amide bonds. The Morgan fingerprint density at radius 2 is 2.06 bits per heavy atom. The van der Waals surface area contributed by atoms with Crippen molar-refractivity contribution in [2.24, 2.45) is 0 Å². The number of carbonyl (C=O) groups excluding carboxylic acids is 1. The molecule has 0 radical (unpaired) electrons. The van der Waals surface area contributed by atoms with Gasteiger partial charge in [0.05, 0.1) is 5.69 Å². The minimum absolute atomic E-state index is 0.0465. The van der Waals surface area contributed by atoms with Crippen molar-refractivity contribution in [2.75, 3.05) is 19.4 Å². The molecule has 1 aromatic rings. The highest BCUT2D eigenvalue weighted by Gasteiger charge is 2.05. The van der Waals surface area contributed by atoms with E-state index in [0.29, 0.717) is 6.07 Å². The lowest BCUT2D eigenvalue weighted by Crippen LogP contribution is -2.11. The van der Waals surface area contributed by atoms with Gasteiger partial charge in [-0.3, -0.25) is 4.79 Å². The fourth-order valence-electron chi connectivity index (χ4n) is 0.982. The predicted octanol–water partition coefficient (Wildman–Crippen LogP) is 1.98. The van der Waals surface area contributed by atoms with Crippen LogP contribution in [0.1, 0.15) is 0 Å². The Kier molecular flexibility index (Phi) is 3.99. The molecule has 0 saturated carbocycles. The maximum atomic E-state index is 13.1. The third kappa shape index (κ3) is 3.68. The van der Waals surface area contributed by atoms with Crippen molar-refractivity contribution < 1.29 is 13.6 Å². The lowest BCUT2D eigenvalue weighted by Gasteiger charge is -2.05. The molecule has 5 heteroatoms. The summed E-state index contributed by atoms with van der Waals surface area (Å²) in [4.78, 5) is 12.9. The highest BCUT2D eigenvalue weighted by Crippen LogP contribution is 2.14. The molecule has 1 rings (SSSR count). The van der Waals surface area contributed by atoms with Gasteiger partial charge in [-0.15, -0.1) is 0 Å².